The van der Waals surface area contributed by atoms with E-state index in [1.807, 2.05) is 84.9 Å². The molecule has 3 aromatic carbocycles. The number of Topliss-reactive ketones (excluding diaryl/α,β-unsaturated/α-hetero) is 1. The number of carbonyl (C=O) groups is 2. The molecule has 4 nitrogen and oxygen atoms in total. The van der Waals surface area contributed by atoms with Crippen molar-refractivity contribution in [1.82, 2.24) is 5.32 Å². The first kappa shape index (κ1) is 17.8. The smallest absolute Gasteiger partial charge is 0.250 e. The second kappa shape index (κ2) is 6.68. The highest BCUT2D eigenvalue weighted by molar-refractivity contribution is 6.08. The second-order valence-electron chi connectivity index (χ2n) is 7.87. The average molecular weight is 382 g/mol. The minimum Gasteiger partial charge on any atom is -0.324 e. The number of ketones is 1. The topological polar surface area (TPSA) is 58.2 Å². The number of carbonyl (C=O) groups excluding carboxylic acids is 2. The Kier molecular flexibility index (Phi) is 4.10. The molecule has 4 atom stereocenters. The molecule has 0 unspecified atom stereocenters. The molecule has 0 aliphatic carbocycles. The summed E-state index contributed by atoms with van der Waals surface area (Å²) in [6, 6.07) is 27.4. The van der Waals surface area contributed by atoms with Crippen molar-refractivity contribution < 1.29 is 9.59 Å². The van der Waals surface area contributed by atoms with Gasteiger partial charge in [0.1, 0.15) is 11.3 Å². The van der Waals surface area contributed by atoms with Gasteiger partial charge >= 0.3 is 0 Å². The lowest BCUT2D eigenvalue weighted by Crippen LogP contribution is -2.47. The molecular formula is C25H22N2O2. The predicted molar refractivity (Wildman–Crippen MR) is 112 cm³/mol. The Morgan fingerprint density at radius 3 is 2.07 bits per heavy atom. The molecule has 5 rings (SSSR count). The molecule has 0 saturated carbocycles. The molecule has 4 heteroatoms. The fourth-order valence-electron chi connectivity index (χ4n) is 5.16. The summed E-state index contributed by atoms with van der Waals surface area (Å²) in [5.41, 5.74) is 2.73. The van der Waals surface area contributed by atoms with Gasteiger partial charge in [0.25, 0.3) is 0 Å². The third-order valence-electron chi connectivity index (χ3n) is 6.31. The fourth-order valence-corrected chi connectivity index (χ4v) is 5.16. The lowest BCUT2D eigenvalue weighted by Gasteiger charge is -2.31. The van der Waals surface area contributed by atoms with Crippen LogP contribution in [0.1, 0.15) is 35.6 Å². The van der Waals surface area contributed by atoms with E-state index in [1.54, 1.807) is 6.92 Å². The van der Waals surface area contributed by atoms with Gasteiger partial charge in [0.05, 0.1) is 0 Å². The Bertz CT molecular complexity index is 1080. The molecule has 0 bridgehead atoms. The van der Waals surface area contributed by atoms with Crippen LogP contribution < -0.4 is 10.6 Å². The largest absolute Gasteiger partial charge is 0.324 e. The summed E-state index contributed by atoms with van der Waals surface area (Å²) in [6.07, 6.45) is 0. The first-order valence-corrected chi connectivity index (χ1v) is 9.92. The molecule has 2 aliphatic heterocycles. The summed E-state index contributed by atoms with van der Waals surface area (Å²) in [6.45, 7) is 1.63. The lowest BCUT2D eigenvalue weighted by molar-refractivity contribution is -0.123. The maximum atomic E-state index is 13.5. The monoisotopic (exact) mass is 382 g/mol. The minimum atomic E-state index is -0.991. The molecule has 2 N–H and O–H groups in total. The molecule has 0 radical (unpaired) electrons. The quantitative estimate of drug-likeness (QED) is 0.715. The molecule has 0 aromatic heterocycles. The van der Waals surface area contributed by atoms with E-state index in [1.165, 1.54) is 0 Å². The fraction of sp³-hybridized carbons (Fsp3) is 0.200. The van der Waals surface area contributed by atoms with E-state index in [2.05, 4.69) is 10.6 Å². The van der Waals surface area contributed by atoms with Crippen molar-refractivity contribution in [2.45, 2.75) is 24.4 Å². The molecule has 1 amide bonds. The van der Waals surface area contributed by atoms with E-state index in [4.69, 9.17) is 0 Å². The van der Waals surface area contributed by atoms with Gasteiger partial charge in [-0.25, -0.2) is 0 Å². The van der Waals surface area contributed by atoms with Crippen molar-refractivity contribution in [2.24, 2.45) is 5.92 Å². The number of amides is 1. The van der Waals surface area contributed by atoms with Gasteiger partial charge in [-0.3, -0.25) is 14.9 Å². The molecular weight excluding hydrogens is 360 g/mol. The maximum Gasteiger partial charge on any atom is 0.250 e. The van der Waals surface area contributed by atoms with Crippen molar-refractivity contribution in [2.75, 3.05) is 5.32 Å². The first-order chi connectivity index (χ1) is 14.1. The van der Waals surface area contributed by atoms with Crippen LogP contribution in [0.15, 0.2) is 84.9 Å². The second-order valence-corrected chi connectivity index (χ2v) is 7.87. The highest BCUT2D eigenvalue weighted by Gasteiger charge is 2.63. The molecule has 144 valence electrons. The Hall–Kier alpha value is -3.24. The van der Waals surface area contributed by atoms with Gasteiger partial charge in [-0.15, -0.1) is 0 Å². The Morgan fingerprint density at radius 2 is 1.41 bits per heavy atom. The zero-order valence-electron chi connectivity index (χ0n) is 16.1. The van der Waals surface area contributed by atoms with Crippen molar-refractivity contribution in [3.05, 3.63) is 102 Å². The van der Waals surface area contributed by atoms with Crippen LogP contribution in [0, 0.1) is 5.92 Å². The molecule has 2 heterocycles. The molecule has 2 aliphatic rings. The maximum absolute atomic E-state index is 13.5. The van der Waals surface area contributed by atoms with Gasteiger partial charge in [0.2, 0.25) is 5.91 Å². The van der Waals surface area contributed by atoms with Crippen LogP contribution in [0.4, 0.5) is 5.69 Å². The van der Waals surface area contributed by atoms with Gasteiger partial charge in [0, 0.05) is 29.1 Å². The Morgan fingerprint density at radius 1 is 0.828 bits per heavy atom. The molecule has 1 spiro atoms. The highest BCUT2D eigenvalue weighted by Crippen LogP contribution is 2.57. The summed E-state index contributed by atoms with van der Waals surface area (Å²) in [4.78, 5) is 26.5. The summed E-state index contributed by atoms with van der Waals surface area (Å²) in [7, 11) is 0. The number of rotatable bonds is 3. The van der Waals surface area contributed by atoms with Gasteiger partial charge in [-0.2, -0.15) is 0 Å². The number of hydrogen-bond donors (Lipinski definition) is 2. The summed E-state index contributed by atoms with van der Waals surface area (Å²) in [5.74, 6) is -0.696. The van der Waals surface area contributed by atoms with Crippen molar-refractivity contribution >= 4 is 17.4 Å². The number of benzene rings is 3. The highest BCUT2D eigenvalue weighted by atomic mass is 16.2. The normalized spacial score (nSPS) is 27.6. The van der Waals surface area contributed by atoms with Crippen molar-refractivity contribution in [1.29, 1.82) is 0 Å². The van der Waals surface area contributed by atoms with Crippen molar-refractivity contribution in [3.8, 4) is 0 Å². The van der Waals surface area contributed by atoms with Gasteiger partial charge in [-0.05, 0) is 24.1 Å². The summed E-state index contributed by atoms with van der Waals surface area (Å²) < 4.78 is 0. The number of fused-ring (bicyclic) bond motifs is 2. The zero-order chi connectivity index (χ0) is 20.0. The van der Waals surface area contributed by atoms with E-state index in [9.17, 15) is 9.59 Å². The minimum absolute atomic E-state index is 0.0780. The molecule has 29 heavy (non-hydrogen) atoms. The zero-order valence-corrected chi connectivity index (χ0v) is 16.1. The van der Waals surface area contributed by atoms with Crippen LogP contribution >= 0.6 is 0 Å². The standard InChI is InChI=1S/C25H22N2O2/c1-16(28)21-22(17-10-4-2-5-11-17)25(27-23(21)18-12-6-3-7-13-18)19-14-8-9-15-20(19)26-24(25)29/h2-15,21-23,27H,1H3,(H,26,29)/t21-,22-,23-,25+/m1/s1. The Balaban J connectivity index is 1.78. The summed E-state index contributed by atoms with van der Waals surface area (Å²) >= 11 is 0. The van der Waals surface area contributed by atoms with Crippen LogP contribution in [0.2, 0.25) is 0 Å². The average Bonchev–Trinajstić information content (AvgIpc) is 3.26. The first-order valence-electron chi connectivity index (χ1n) is 9.92. The Labute approximate surface area is 170 Å². The number of para-hydroxylation sites is 1. The van der Waals surface area contributed by atoms with E-state index in [0.717, 1.165) is 22.4 Å². The van der Waals surface area contributed by atoms with E-state index >= 15 is 0 Å². The number of nitrogens with one attached hydrogen (secondary N) is 2. The van der Waals surface area contributed by atoms with Gasteiger partial charge in [-0.1, -0.05) is 78.9 Å². The van der Waals surface area contributed by atoms with Crippen LogP contribution in [0.25, 0.3) is 0 Å². The van der Waals surface area contributed by atoms with Crippen LogP contribution in [-0.2, 0) is 15.1 Å². The van der Waals surface area contributed by atoms with Gasteiger partial charge < -0.3 is 5.32 Å². The third kappa shape index (κ3) is 2.56. The van der Waals surface area contributed by atoms with E-state index in [-0.39, 0.29) is 29.6 Å². The van der Waals surface area contributed by atoms with Gasteiger partial charge in [0.15, 0.2) is 0 Å². The van der Waals surface area contributed by atoms with Crippen LogP contribution in [-0.4, -0.2) is 11.7 Å². The number of anilines is 1. The van der Waals surface area contributed by atoms with E-state index in [0.29, 0.717) is 0 Å². The molecule has 1 saturated heterocycles. The van der Waals surface area contributed by atoms with Crippen LogP contribution in [0.5, 0.6) is 0 Å². The SMILES string of the molecule is CC(=O)[C@H]1[C@@H](c2ccccc2)N[C@]2(C(=O)Nc3ccccc32)[C@@H]1c1ccccc1. The van der Waals surface area contributed by atoms with E-state index < -0.39 is 5.54 Å². The van der Waals surface area contributed by atoms with Crippen LogP contribution in [0.3, 0.4) is 0 Å². The molecule has 1 fully saturated rings. The molecule has 3 aromatic rings. The lowest BCUT2D eigenvalue weighted by atomic mass is 9.70. The third-order valence-corrected chi connectivity index (χ3v) is 6.31. The number of hydrogen-bond acceptors (Lipinski definition) is 3. The summed E-state index contributed by atoms with van der Waals surface area (Å²) in [5, 5.41) is 6.68. The predicted octanol–water partition coefficient (Wildman–Crippen LogP) is 4.17. The van der Waals surface area contributed by atoms with Crippen molar-refractivity contribution in [3.63, 3.8) is 0 Å².